The van der Waals surface area contributed by atoms with Gasteiger partial charge < -0.3 is 4.90 Å². The van der Waals surface area contributed by atoms with Crippen LogP contribution in [-0.4, -0.2) is 32.4 Å². The van der Waals surface area contributed by atoms with Crippen LogP contribution < -0.4 is 10.0 Å². The lowest BCUT2D eigenvalue weighted by Gasteiger charge is -2.32. The van der Waals surface area contributed by atoms with Crippen molar-refractivity contribution in [1.29, 1.82) is 0 Å². The Morgan fingerprint density at radius 3 is 2.33 bits per heavy atom. The Labute approximate surface area is 104 Å². The van der Waals surface area contributed by atoms with Gasteiger partial charge in [-0.15, -0.1) is 0 Å². The van der Waals surface area contributed by atoms with Crippen molar-refractivity contribution < 1.29 is 17.2 Å². The van der Waals surface area contributed by atoms with Crippen molar-refractivity contribution in [3.8, 4) is 0 Å². The molecule has 0 spiro atoms. The number of alkyl halides is 2. The number of nitrogens with two attached hydrogens (primary N) is 1. The highest BCUT2D eigenvalue weighted by Gasteiger charge is 2.34. The van der Waals surface area contributed by atoms with Crippen molar-refractivity contribution in [3.05, 3.63) is 18.3 Å². The largest absolute Gasteiger partial charge is 0.356 e. The molecule has 0 unspecified atom stereocenters. The minimum Gasteiger partial charge on any atom is -0.356 e. The van der Waals surface area contributed by atoms with Gasteiger partial charge in [0.15, 0.2) is 0 Å². The Hall–Kier alpha value is -1.28. The third-order valence-electron chi connectivity index (χ3n) is 2.87. The number of anilines is 1. The summed E-state index contributed by atoms with van der Waals surface area (Å²) < 4.78 is 48.0. The van der Waals surface area contributed by atoms with Crippen LogP contribution in [0.25, 0.3) is 0 Å². The molecule has 5 nitrogen and oxygen atoms in total. The van der Waals surface area contributed by atoms with E-state index in [4.69, 9.17) is 5.14 Å². The molecule has 0 radical (unpaired) electrons. The minimum atomic E-state index is -3.77. The number of nitrogens with zero attached hydrogens (tertiary/aromatic N) is 2. The highest BCUT2D eigenvalue weighted by atomic mass is 32.2. The van der Waals surface area contributed by atoms with Gasteiger partial charge in [0, 0.05) is 32.1 Å². The lowest BCUT2D eigenvalue weighted by Crippen LogP contribution is -2.39. The van der Waals surface area contributed by atoms with Crippen molar-refractivity contribution in [2.24, 2.45) is 5.14 Å². The van der Waals surface area contributed by atoms with Gasteiger partial charge >= 0.3 is 0 Å². The molecule has 1 aliphatic rings. The Kier molecular flexibility index (Phi) is 3.24. The van der Waals surface area contributed by atoms with Gasteiger partial charge in [-0.05, 0) is 12.1 Å². The molecule has 2 N–H and O–H groups in total. The van der Waals surface area contributed by atoms with Crippen molar-refractivity contribution in [2.45, 2.75) is 23.7 Å². The monoisotopic (exact) mass is 277 g/mol. The van der Waals surface area contributed by atoms with Gasteiger partial charge in [0.1, 0.15) is 10.7 Å². The summed E-state index contributed by atoms with van der Waals surface area (Å²) in [5.41, 5.74) is 0. The van der Waals surface area contributed by atoms with Gasteiger partial charge in [0.25, 0.3) is 5.92 Å². The van der Waals surface area contributed by atoms with Gasteiger partial charge in [-0.2, -0.15) is 0 Å². The fourth-order valence-electron chi connectivity index (χ4n) is 1.79. The first-order valence-electron chi connectivity index (χ1n) is 5.40. The molecular weight excluding hydrogens is 264 g/mol. The first-order valence-corrected chi connectivity index (χ1v) is 6.94. The van der Waals surface area contributed by atoms with Crippen LogP contribution in [-0.2, 0) is 10.0 Å². The van der Waals surface area contributed by atoms with E-state index >= 15 is 0 Å². The third kappa shape index (κ3) is 2.94. The van der Waals surface area contributed by atoms with Gasteiger partial charge in [-0.1, -0.05) is 0 Å². The second-order valence-electron chi connectivity index (χ2n) is 4.24. The fraction of sp³-hybridized carbons (Fsp3) is 0.500. The summed E-state index contributed by atoms with van der Waals surface area (Å²) in [4.78, 5) is 5.55. The molecule has 0 atom stereocenters. The molecule has 1 fully saturated rings. The zero-order valence-corrected chi connectivity index (χ0v) is 10.3. The lowest BCUT2D eigenvalue weighted by atomic mass is 10.1. The highest BCUT2D eigenvalue weighted by molar-refractivity contribution is 7.89. The molecule has 1 aromatic rings. The molecular formula is C10H13F2N3O2S. The van der Waals surface area contributed by atoms with E-state index in [-0.39, 0.29) is 30.8 Å². The van der Waals surface area contributed by atoms with E-state index in [0.29, 0.717) is 5.82 Å². The van der Waals surface area contributed by atoms with Gasteiger partial charge in [0.2, 0.25) is 10.0 Å². The summed E-state index contributed by atoms with van der Waals surface area (Å²) in [5, 5.41) is 4.94. The number of hydrogen-bond acceptors (Lipinski definition) is 4. The zero-order chi connectivity index (χ0) is 13.4. The van der Waals surface area contributed by atoms with Crippen LogP contribution in [0.1, 0.15) is 12.8 Å². The molecule has 1 saturated heterocycles. The summed E-state index contributed by atoms with van der Waals surface area (Å²) in [5.74, 6) is -2.13. The van der Waals surface area contributed by atoms with Crippen molar-refractivity contribution in [1.82, 2.24) is 4.98 Å². The molecule has 8 heteroatoms. The van der Waals surface area contributed by atoms with E-state index in [0.717, 1.165) is 6.20 Å². The molecule has 1 aliphatic heterocycles. The van der Waals surface area contributed by atoms with E-state index < -0.39 is 15.9 Å². The van der Waals surface area contributed by atoms with Crippen LogP contribution in [0.5, 0.6) is 0 Å². The number of piperidine rings is 1. The highest BCUT2D eigenvalue weighted by Crippen LogP contribution is 2.29. The van der Waals surface area contributed by atoms with Crippen LogP contribution in [0.2, 0.25) is 0 Å². The van der Waals surface area contributed by atoms with Crippen molar-refractivity contribution in [2.75, 3.05) is 18.0 Å². The van der Waals surface area contributed by atoms with Crippen molar-refractivity contribution in [3.63, 3.8) is 0 Å². The second-order valence-corrected chi connectivity index (χ2v) is 5.80. The van der Waals surface area contributed by atoms with Crippen LogP contribution in [0.4, 0.5) is 14.6 Å². The maximum Gasteiger partial charge on any atom is 0.251 e. The molecule has 1 aromatic heterocycles. The van der Waals surface area contributed by atoms with Gasteiger partial charge in [-0.3, -0.25) is 0 Å². The number of sulfonamides is 1. The van der Waals surface area contributed by atoms with Crippen LogP contribution in [0.3, 0.4) is 0 Å². The molecule has 2 heterocycles. The minimum absolute atomic E-state index is 0.0893. The van der Waals surface area contributed by atoms with Gasteiger partial charge in [0.05, 0.1) is 0 Å². The second kappa shape index (κ2) is 4.43. The van der Waals surface area contributed by atoms with E-state index in [1.165, 1.54) is 12.1 Å². The van der Waals surface area contributed by atoms with Crippen LogP contribution in [0, 0.1) is 0 Å². The summed E-state index contributed by atoms with van der Waals surface area (Å²) in [6.45, 7) is 0.406. The van der Waals surface area contributed by atoms with Crippen molar-refractivity contribution >= 4 is 15.8 Å². The summed E-state index contributed by atoms with van der Waals surface area (Å²) in [7, 11) is -3.77. The molecule has 18 heavy (non-hydrogen) atoms. The third-order valence-corrected chi connectivity index (χ3v) is 3.77. The number of aromatic nitrogens is 1. The smallest absolute Gasteiger partial charge is 0.251 e. The molecule has 0 saturated carbocycles. The average Bonchev–Trinajstić information content (AvgIpc) is 2.28. The average molecular weight is 277 g/mol. The maximum atomic E-state index is 13.0. The summed E-state index contributed by atoms with van der Waals surface area (Å²) in [6, 6.07) is 2.80. The summed E-state index contributed by atoms with van der Waals surface area (Å²) in [6.07, 6.45) is 0.703. The van der Waals surface area contributed by atoms with Gasteiger partial charge in [-0.25, -0.2) is 27.3 Å². The molecule has 2 rings (SSSR count). The standard InChI is InChI=1S/C10H13F2N3O2S/c11-10(12)3-5-15(6-4-10)9-2-1-8(7-14-9)18(13,16)17/h1-2,7H,3-6H2,(H2,13,16,17). The topological polar surface area (TPSA) is 76.3 Å². The van der Waals surface area contributed by atoms with Crippen LogP contribution in [0.15, 0.2) is 23.2 Å². The van der Waals surface area contributed by atoms with E-state index in [1.807, 2.05) is 0 Å². The number of rotatable bonds is 2. The number of halogens is 2. The number of primary sulfonamides is 1. The Morgan fingerprint density at radius 2 is 1.89 bits per heavy atom. The molecule has 0 bridgehead atoms. The van der Waals surface area contributed by atoms with E-state index in [2.05, 4.69) is 4.98 Å². The predicted molar refractivity (Wildman–Crippen MR) is 62.0 cm³/mol. The van der Waals surface area contributed by atoms with E-state index in [1.54, 1.807) is 4.90 Å². The molecule has 100 valence electrons. The fourth-order valence-corrected chi connectivity index (χ4v) is 2.25. The SMILES string of the molecule is NS(=O)(=O)c1ccc(N2CCC(F)(F)CC2)nc1. The molecule has 0 aromatic carbocycles. The maximum absolute atomic E-state index is 13.0. The lowest BCUT2D eigenvalue weighted by molar-refractivity contribution is -0.0221. The Bertz CT molecular complexity index is 521. The van der Waals surface area contributed by atoms with E-state index in [9.17, 15) is 17.2 Å². The Balaban J connectivity index is 2.12. The molecule has 0 aliphatic carbocycles. The number of pyridine rings is 1. The normalized spacial score (nSPS) is 19.8. The first-order chi connectivity index (χ1) is 8.28. The zero-order valence-electron chi connectivity index (χ0n) is 9.51. The first kappa shape index (κ1) is 13.2. The quantitative estimate of drug-likeness (QED) is 0.873. The number of hydrogen-bond donors (Lipinski definition) is 1. The summed E-state index contributed by atoms with van der Waals surface area (Å²) >= 11 is 0. The predicted octanol–water partition coefficient (Wildman–Crippen LogP) is 0.965. The molecule has 0 amide bonds. The van der Waals surface area contributed by atoms with Crippen LogP contribution >= 0.6 is 0 Å². The Morgan fingerprint density at radius 1 is 1.28 bits per heavy atom.